The second-order valence-corrected chi connectivity index (χ2v) is 9.92. The summed E-state index contributed by atoms with van der Waals surface area (Å²) in [6, 6.07) is 12.8. The van der Waals surface area contributed by atoms with Crippen LogP contribution in [0.4, 0.5) is 5.69 Å². The molecule has 1 aliphatic heterocycles. The summed E-state index contributed by atoms with van der Waals surface area (Å²) in [4.78, 5) is 0.136. The van der Waals surface area contributed by atoms with E-state index in [1.54, 1.807) is 42.5 Å². The highest BCUT2D eigenvalue weighted by Gasteiger charge is 2.35. The number of benzene rings is 2. The van der Waals surface area contributed by atoms with Crippen LogP contribution >= 0.6 is 0 Å². The maximum atomic E-state index is 13.3. The summed E-state index contributed by atoms with van der Waals surface area (Å²) in [5.41, 5.74) is 2.29. The molecular weight excluding hydrogens is 358 g/mol. The van der Waals surface area contributed by atoms with Gasteiger partial charge in [-0.15, -0.1) is 0 Å². The first-order valence-corrected chi connectivity index (χ1v) is 10.9. The van der Waals surface area contributed by atoms with Gasteiger partial charge in [0, 0.05) is 5.41 Å². The molecule has 2 aromatic rings. The number of nitrogens with zero attached hydrogens (tertiary/aromatic N) is 1. The zero-order valence-electron chi connectivity index (χ0n) is 14.0. The van der Waals surface area contributed by atoms with Crippen molar-refractivity contribution in [2.75, 3.05) is 10.1 Å². The van der Waals surface area contributed by atoms with Crippen LogP contribution in [0.25, 0.3) is 0 Å². The fourth-order valence-corrected chi connectivity index (χ4v) is 5.76. The van der Waals surface area contributed by atoms with Crippen molar-refractivity contribution in [3.8, 4) is 0 Å². The number of sulfone groups is 1. The van der Waals surface area contributed by atoms with E-state index in [9.17, 15) is 16.8 Å². The van der Waals surface area contributed by atoms with Gasteiger partial charge in [-0.2, -0.15) is 0 Å². The van der Waals surface area contributed by atoms with Crippen LogP contribution in [-0.2, 0) is 19.9 Å². The lowest BCUT2D eigenvalue weighted by Gasteiger charge is -2.29. The van der Waals surface area contributed by atoms with Gasteiger partial charge in [0.05, 0.1) is 22.4 Å². The molecule has 0 N–H and O–H groups in total. The van der Waals surface area contributed by atoms with Crippen molar-refractivity contribution in [3.05, 3.63) is 71.1 Å². The molecule has 25 heavy (non-hydrogen) atoms. The Hall–Kier alpha value is -2.12. The molecule has 0 amide bonds. The Balaban J connectivity index is 2.14. The van der Waals surface area contributed by atoms with Crippen LogP contribution in [-0.4, -0.2) is 28.6 Å². The number of hydrogen-bond acceptors (Lipinski definition) is 4. The van der Waals surface area contributed by atoms with E-state index >= 15 is 0 Å². The van der Waals surface area contributed by atoms with Crippen LogP contribution in [0.1, 0.15) is 11.1 Å². The highest BCUT2D eigenvalue weighted by atomic mass is 32.2. The number of anilines is 1. The molecule has 1 heterocycles. The summed E-state index contributed by atoms with van der Waals surface area (Å²) >= 11 is 0. The van der Waals surface area contributed by atoms with Crippen molar-refractivity contribution in [3.63, 3.8) is 0 Å². The molecule has 132 valence electrons. The normalized spacial score (nSPS) is 19.0. The van der Waals surface area contributed by atoms with E-state index in [-0.39, 0.29) is 10.6 Å². The van der Waals surface area contributed by atoms with Crippen LogP contribution in [0, 0.1) is 13.8 Å². The van der Waals surface area contributed by atoms with Crippen LogP contribution in [0.2, 0.25) is 0 Å². The Morgan fingerprint density at radius 1 is 1.00 bits per heavy atom. The van der Waals surface area contributed by atoms with Crippen molar-refractivity contribution in [2.24, 2.45) is 0 Å². The first-order chi connectivity index (χ1) is 11.7. The molecule has 0 bridgehead atoms. The van der Waals surface area contributed by atoms with Gasteiger partial charge in [0.25, 0.3) is 10.0 Å². The molecule has 0 unspecified atom stereocenters. The van der Waals surface area contributed by atoms with Crippen molar-refractivity contribution < 1.29 is 16.8 Å². The minimum absolute atomic E-state index is 0.136. The average molecular weight is 377 g/mol. The van der Waals surface area contributed by atoms with Crippen LogP contribution in [0.5, 0.6) is 0 Å². The SMILES string of the molecule is Cc1ccc(S(=O)(=O)N(c2cccc(C)c2)[C@H]2C=CS(=O)(=O)C2)cc1. The van der Waals surface area contributed by atoms with Crippen LogP contribution in [0.15, 0.2) is 64.9 Å². The maximum absolute atomic E-state index is 13.3. The predicted molar refractivity (Wildman–Crippen MR) is 98.7 cm³/mol. The first kappa shape index (κ1) is 17.7. The molecule has 0 saturated heterocycles. The Labute approximate surface area is 148 Å². The predicted octanol–water partition coefficient (Wildman–Crippen LogP) is 2.81. The lowest BCUT2D eigenvalue weighted by atomic mass is 10.2. The molecule has 0 aliphatic carbocycles. The third-order valence-corrected chi connectivity index (χ3v) is 7.29. The standard InChI is InChI=1S/C18H19NO4S2/c1-14-6-8-18(9-7-14)25(22,23)19(16-5-3-4-15(2)12-16)17-10-11-24(20,21)13-17/h3-12,17H,13H2,1-2H3/t17-/m0/s1. The fraction of sp³-hybridized carbons (Fsp3) is 0.222. The quantitative estimate of drug-likeness (QED) is 0.821. The van der Waals surface area contributed by atoms with E-state index in [4.69, 9.17) is 0 Å². The molecule has 0 spiro atoms. The summed E-state index contributed by atoms with van der Waals surface area (Å²) in [5.74, 6) is -0.258. The summed E-state index contributed by atoms with van der Waals surface area (Å²) in [7, 11) is -7.30. The lowest BCUT2D eigenvalue weighted by Crippen LogP contribution is -2.41. The van der Waals surface area contributed by atoms with Gasteiger partial charge in [0.15, 0.2) is 9.84 Å². The van der Waals surface area contributed by atoms with E-state index in [0.29, 0.717) is 5.69 Å². The lowest BCUT2D eigenvalue weighted by molar-refractivity contribution is 0.586. The number of hydrogen-bond donors (Lipinski definition) is 0. The van der Waals surface area contributed by atoms with Gasteiger partial charge in [-0.3, -0.25) is 4.31 Å². The number of sulfonamides is 1. The fourth-order valence-electron chi connectivity index (χ4n) is 2.80. The molecule has 5 nitrogen and oxygen atoms in total. The summed E-state index contributed by atoms with van der Waals surface area (Å²) in [5, 5.41) is 1.09. The van der Waals surface area contributed by atoms with Crippen molar-refractivity contribution in [2.45, 2.75) is 24.8 Å². The number of rotatable bonds is 4. The molecule has 1 atom stereocenters. The van der Waals surface area contributed by atoms with E-state index < -0.39 is 25.9 Å². The smallest absolute Gasteiger partial charge is 0.258 e. The molecule has 0 fully saturated rings. The zero-order chi connectivity index (χ0) is 18.2. The topological polar surface area (TPSA) is 71.5 Å². The minimum Gasteiger partial charge on any atom is -0.258 e. The van der Waals surface area contributed by atoms with Gasteiger partial charge in [-0.25, -0.2) is 16.8 Å². The zero-order valence-corrected chi connectivity index (χ0v) is 15.6. The van der Waals surface area contributed by atoms with Crippen molar-refractivity contribution in [1.82, 2.24) is 0 Å². The number of aryl methyl sites for hydroxylation is 2. The maximum Gasteiger partial charge on any atom is 0.264 e. The molecular formula is C18H19NO4S2. The van der Waals surface area contributed by atoms with E-state index in [1.165, 1.54) is 10.4 Å². The van der Waals surface area contributed by atoms with Gasteiger partial charge in [-0.05, 0) is 49.8 Å². The van der Waals surface area contributed by atoms with Gasteiger partial charge in [0.1, 0.15) is 0 Å². The van der Waals surface area contributed by atoms with E-state index in [0.717, 1.165) is 16.5 Å². The van der Waals surface area contributed by atoms with Gasteiger partial charge in [-0.1, -0.05) is 29.8 Å². The largest absolute Gasteiger partial charge is 0.264 e. The van der Waals surface area contributed by atoms with Crippen LogP contribution < -0.4 is 4.31 Å². The molecule has 7 heteroatoms. The molecule has 1 aliphatic rings. The molecule has 0 saturated carbocycles. The van der Waals surface area contributed by atoms with Crippen LogP contribution in [0.3, 0.4) is 0 Å². The summed E-state index contributed by atoms with van der Waals surface area (Å²) < 4.78 is 51.4. The third-order valence-electron chi connectivity index (χ3n) is 4.05. The van der Waals surface area contributed by atoms with E-state index in [2.05, 4.69) is 0 Å². The second kappa shape index (κ2) is 6.31. The summed E-state index contributed by atoms with van der Waals surface area (Å²) in [6.45, 7) is 3.74. The van der Waals surface area contributed by atoms with Crippen molar-refractivity contribution >= 4 is 25.5 Å². The minimum atomic E-state index is -3.90. The summed E-state index contributed by atoms with van der Waals surface area (Å²) in [6.07, 6.45) is 1.43. The third kappa shape index (κ3) is 3.62. The van der Waals surface area contributed by atoms with Gasteiger partial charge < -0.3 is 0 Å². The molecule has 2 aromatic carbocycles. The highest BCUT2D eigenvalue weighted by Crippen LogP contribution is 2.30. The van der Waals surface area contributed by atoms with E-state index in [1.807, 2.05) is 19.9 Å². The van der Waals surface area contributed by atoms with Crippen molar-refractivity contribution in [1.29, 1.82) is 0 Å². The highest BCUT2D eigenvalue weighted by molar-refractivity contribution is 7.95. The Morgan fingerprint density at radius 3 is 2.24 bits per heavy atom. The Bertz CT molecular complexity index is 1020. The molecule has 3 rings (SSSR count). The van der Waals surface area contributed by atoms with Gasteiger partial charge in [0.2, 0.25) is 0 Å². The Morgan fingerprint density at radius 2 is 1.68 bits per heavy atom. The monoisotopic (exact) mass is 377 g/mol. The average Bonchev–Trinajstić information content (AvgIpc) is 2.87. The van der Waals surface area contributed by atoms with Gasteiger partial charge >= 0.3 is 0 Å². The molecule has 0 radical (unpaired) electrons. The second-order valence-electron chi connectivity index (χ2n) is 6.18. The first-order valence-electron chi connectivity index (χ1n) is 7.78. The molecule has 0 aromatic heterocycles. The Kier molecular flexibility index (Phi) is 4.47.